The standard InChI is InChI=1S/C16H17NO4S/c1-2-4-12-7-9-13(10-8-12)16(18)17-14-5-3-6-15(11-14)22(19,20)21/h3,5-11H,2,4H2,1H3,(H,17,18)(H,19,20,21). The molecule has 0 unspecified atom stereocenters. The Kier molecular flexibility index (Phi) is 4.95. The molecular formula is C16H17NO4S. The van der Waals surface area contributed by atoms with Crippen molar-refractivity contribution in [1.29, 1.82) is 0 Å². The van der Waals surface area contributed by atoms with Crippen molar-refractivity contribution in [2.24, 2.45) is 0 Å². The van der Waals surface area contributed by atoms with E-state index in [2.05, 4.69) is 12.2 Å². The van der Waals surface area contributed by atoms with E-state index in [-0.39, 0.29) is 10.8 Å². The maximum Gasteiger partial charge on any atom is 0.294 e. The summed E-state index contributed by atoms with van der Waals surface area (Å²) in [4.78, 5) is 11.9. The molecule has 0 bridgehead atoms. The third-order valence-corrected chi connectivity index (χ3v) is 3.99. The van der Waals surface area contributed by atoms with E-state index in [0.717, 1.165) is 18.4 Å². The minimum absolute atomic E-state index is 0.261. The summed E-state index contributed by atoms with van der Waals surface area (Å²) in [5, 5.41) is 2.61. The molecule has 116 valence electrons. The number of anilines is 1. The summed E-state index contributed by atoms with van der Waals surface area (Å²) in [6.45, 7) is 2.09. The number of carbonyl (C=O) groups is 1. The van der Waals surface area contributed by atoms with Crippen molar-refractivity contribution in [1.82, 2.24) is 0 Å². The number of benzene rings is 2. The van der Waals surface area contributed by atoms with E-state index in [9.17, 15) is 13.2 Å². The van der Waals surface area contributed by atoms with E-state index < -0.39 is 10.1 Å². The first-order valence-corrected chi connectivity index (χ1v) is 8.32. The zero-order chi connectivity index (χ0) is 16.2. The van der Waals surface area contributed by atoms with Crippen molar-refractivity contribution in [3.63, 3.8) is 0 Å². The van der Waals surface area contributed by atoms with Gasteiger partial charge in [-0.05, 0) is 42.3 Å². The van der Waals surface area contributed by atoms with Gasteiger partial charge in [0.2, 0.25) is 0 Å². The van der Waals surface area contributed by atoms with Crippen LogP contribution >= 0.6 is 0 Å². The van der Waals surface area contributed by atoms with Crippen LogP contribution in [-0.4, -0.2) is 18.9 Å². The summed E-state index contributed by atoms with van der Waals surface area (Å²) in [5.74, 6) is -0.337. The van der Waals surface area contributed by atoms with Gasteiger partial charge < -0.3 is 5.32 Å². The topological polar surface area (TPSA) is 83.5 Å². The Labute approximate surface area is 129 Å². The molecule has 0 aliphatic heterocycles. The highest BCUT2D eigenvalue weighted by Crippen LogP contribution is 2.16. The van der Waals surface area contributed by atoms with Crippen molar-refractivity contribution >= 4 is 21.7 Å². The van der Waals surface area contributed by atoms with Crippen molar-refractivity contribution in [2.75, 3.05) is 5.32 Å². The molecule has 0 atom stereocenters. The van der Waals surface area contributed by atoms with E-state index in [1.165, 1.54) is 18.2 Å². The predicted molar refractivity (Wildman–Crippen MR) is 84.6 cm³/mol. The van der Waals surface area contributed by atoms with Crippen LogP contribution in [0.15, 0.2) is 53.4 Å². The largest absolute Gasteiger partial charge is 0.322 e. The van der Waals surface area contributed by atoms with Gasteiger partial charge in [0.15, 0.2) is 0 Å². The average Bonchev–Trinajstić information content (AvgIpc) is 2.48. The van der Waals surface area contributed by atoms with Crippen molar-refractivity contribution in [3.8, 4) is 0 Å². The molecule has 0 fully saturated rings. The molecule has 0 aliphatic carbocycles. The fourth-order valence-corrected chi connectivity index (χ4v) is 2.58. The Bertz CT molecular complexity index is 767. The fourth-order valence-electron chi connectivity index (χ4n) is 2.05. The minimum atomic E-state index is -4.29. The molecule has 2 aromatic carbocycles. The number of rotatable bonds is 5. The van der Waals surface area contributed by atoms with Crippen LogP contribution in [0.25, 0.3) is 0 Å². The number of nitrogens with one attached hydrogen (secondary N) is 1. The van der Waals surface area contributed by atoms with Gasteiger partial charge >= 0.3 is 0 Å². The second-order valence-electron chi connectivity index (χ2n) is 4.90. The highest BCUT2D eigenvalue weighted by atomic mass is 32.2. The van der Waals surface area contributed by atoms with Crippen molar-refractivity contribution < 1.29 is 17.8 Å². The van der Waals surface area contributed by atoms with Gasteiger partial charge in [-0.3, -0.25) is 9.35 Å². The summed E-state index contributed by atoms with van der Waals surface area (Å²) in [6.07, 6.45) is 1.99. The van der Waals surface area contributed by atoms with Crippen molar-refractivity contribution in [2.45, 2.75) is 24.7 Å². The zero-order valence-electron chi connectivity index (χ0n) is 12.1. The Morgan fingerprint density at radius 3 is 2.41 bits per heavy atom. The lowest BCUT2D eigenvalue weighted by molar-refractivity contribution is 0.102. The van der Waals surface area contributed by atoms with Crippen molar-refractivity contribution in [3.05, 3.63) is 59.7 Å². The SMILES string of the molecule is CCCc1ccc(C(=O)Nc2cccc(S(=O)(=O)O)c2)cc1. The van der Waals surface area contributed by atoms with Crippen LogP contribution in [0.4, 0.5) is 5.69 Å². The fraction of sp³-hybridized carbons (Fsp3) is 0.188. The Balaban J connectivity index is 2.15. The normalized spacial score (nSPS) is 11.2. The predicted octanol–water partition coefficient (Wildman–Crippen LogP) is 3.14. The third-order valence-electron chi connectivity index (χ3n) is 3.14. The molecule has 2 rings (SSSR count). The van der Waals surface area contributed by atoms with Crippen LogP contribution < -0.4 is 5.32 Å². The Hall–Kier alpha value is -2.18. The van der Waals surface area contributed by atoms with Crippen LogP contribution in [0.5, 0.6) is 0 Å². The second kappa shape index (κ2) is 6.72. The molecule has 0 aliphatic rings. The molecule has 2 N–H and O–H groups in total. The monoisotopic (exact) mass is 319 g/mol. The second-order valence-corrected chi connectivity index (χ2v) is 6.33. The first-order chi connectivity index (χ1) is 10.4. The molecular weight excluding hydrogens is 302 g/mol. The van der Waals surface area contributed by atoms with Crippen LogP contribution in [0, 0.1) is 0 Å². The van der Waals surface area contributed by atoms with Gasteiger partial charge in [-0.25, -0.2) is 0 Å². The summed E-state index contributed by atoms with van der Waals surface area (Å²) in [5.41, 5.74) is 1.95. The average molecular weight is 319 g/mol. The first-order valence-electron chi connectivity index (χ1n) is 6.88. The molecule has 0 saturated heterocycles. The zero-order valence-corrected chi connectivity index (χ0v) is 12.9. The van der Waals surface area contributed by atoms with E-state index in [1.807, 2.05) is 12.1 Å². The molecule has 0 radical (unpaired) electrons. The molecule has 0 heterocycles. The van der Waals surface area contributed by atoms with Gasteiger partial charge in [-0.15, -0.1) is 0 Å². The van der Waals surface area contributed by atoms with Gasteiger partial charge in [-0.2, -0.15) is 8.42 Å². The molecule has 0 spiro atoms. The van der Waals surface area contributed by atoms with Gasteiger partial charge in [0.05, 0.1) is 4.90 Å². The van der Waals surface area contributed by atoms with E-state index >= 15 is 0 Å². The van der Waals surface area contributed by atoms with Gasteiger partial charge in [0, 0.05) is 11.3 Å². The summed E-state index contributed by atoms with van der Waals surface area (Å²) in [7, 11) is -4.29. The summed E-state index contributed by atoms with van der Waals surface area (Å²) >= 11 is 0. The van der Waals surface area contributed by atoms with E-state index in [0.29, 0.717) is 11.3 Å². The smallest absolute Gasteiger partial charge is 0.294 e. The summed E-state index contributed by atoms with van der Waals surface area (Å²) < 4.78 is 31.2. The van der Waals surface area contributed by atoms with Crippen LogP contribution in [0.2, 0.25) is 0 Å². The molecule has 5 nitrogen and oxygen atoms in total. The number of amides is 1. The van der Waals surface area contributed by atoms with Crippen LogP contribution in [0.1, 0.15) is 29.3 Å². The maximum absolute atomic E-state index is 12.1. The lowest BCUT2D eigenvalue weighted by Crippen LogP contribution is -2.12. The number of aryl methyl sites for hydroxylation is 1. The highest BCUT2D eigenvalue weighted by Gasteiger charge is 2.11. The number of carbonyl (C=O) groups excluding carboxylic acids is 1. The number of hydrogen-bond acceptors (Lipinski definition) is 3. The third kappa shape index (κ3) is 4.16. The van der Waals surface area contributed by atoms with Gasteiger partial charge in [0.25, 0.3) is 16.0 Å². The van der Waals surface area contributed by atoms with Crippen LogP contribution in [0.3, 0.4) is 0 Å². The van der Waals surface area contributed by atoms with Crippen LogP contribution in [-0.2, 0) is 16.5 Å². The van der Waals surface area contributed by atoms with E-state index in [1.54, 1.807) is 18.2 Å². The molecule has 0 aromatic heterocycles. The first kappa shape index (κ1) is 16.2. The minimum Gasteiger partial charge on any atom is -0.322 e. The Morgan fingerprint density at radius 2 is 1.82 bits per heavy atom. The maximum atomic E-state index is 12.1. The van der Waals surface area contributed by atoms with E-state index in [4.69, 9.17) is 4.55 Å². The molecule has 2 aromatic rings. The van der Waals surface area contributed by atoms with Gasteiger partial charge in [-0.1, -0.05) is 31.5 Å². The Morgan fingerprint density at radius 1 is 1.14 bits per heavy atom. The molecule has 0 saturated carbocycles. The molecule has 1 amide bonds. The number of hydrogen-bond donors (Lipinski definition) is 2. The quantitative estimate of drug-likeness (QED) is 0.829. The van der Waals surface area contributed by atoms with Gasteiger partial charge in [0.1, 0.15) is 0 Å². The summed E-state index contributed by atoms with van der Waals surface area (Å²) in [6, 6.07) is 12.7. The lowest BCUT2D eigenvalue weighted by Gasteiger charge is -2.07. The molecule has 22 heavy (non-hydrogen) atoms. The lowest BCUT2D eigenvalue weighted by atomic mass is 10.1. The molecule has 6 heteroatoms. The highest BCUT2D eigenvalue weighted by molar-refractivity contribution is 7.85.